The number of thioether (sulfide) groups is 1. The summed E-state index contributed by atoms with van der Waals surface area (Å²) in [5, 5.41) is 13.0. The molecular formula is C18H16N4OS2. The number of hydrogen-bond donors (Lipinski definition) is 1. The Hall–Kier alpha value is -2.43. The van der Waals surface area contributed by atoms with Crippen LogP contribution in [0, 0.1) is 32.1 Å². The summed E-state index contributed by atoms with van der Waals surface area (Å²) >= 11 is 2.81. The number of amides is 1. The Morgan fingerprint density at radius 1 is 1.24 bits per heavy atom. The predicted octanol–water partition coefficient (Wildman–Crippen LogP) is 4.48. The largest absolute Gasteiger partial charge is 0.298 e. The highest BCUT2D eigenvalue weighted by molar-refractivity contribution is 8.01. The second-order valence-corrected chi connectivity index (χ2v) is 7.85. The van der Waals surface area contributed by atoms with Crippen LogP contribution in [-0.4, -0.2) is 21.6 Å². The number of benzene rings is 1. The van der Waals surface area contributed by atoms with Crippen molar-refractivity contribution in [2.75, 3.05) is 11.1 Å². The lowest BCUT2D eigenvalue weighted by molar-refractivity contribution is 0.102. The second-order valence-electron chi connectivity index (χ2n) is 5.61. The van der Waals surface area contributed by atoms with Gasteiger partial charge in [-0.25, -0.2) is 4.98 Å². The molecule has 3 rings (SSSR count). The Labute approximate surface area is 154 Å². The molecule has 1 aromatic carbocycles. The van der Waals surface area contributed by atoms with Crippen molar-refractivity contribution in [2.45, 2.75) is 25.0 Å². The van der Waals surface area contributed by atoms with Crippen molar-refractivity contribution in [3.05, 3.63) is 46.8 Å². The molecule has 7 heteroatoms. The first-order chi connectivity index (χ1) is 12.0. The summed E-state index contributed by atoms with van der Waals surface area (Å²) in [6.07, 6.45) is 0. The molecule has 0 bridgehead atoms. The van der Waals surface area contributed by atoms with E-state index >= 15 is 0 Å². The topological polar surface area (TPSA) is 78.7 Å². The van der Waals surface area contributed by atoms with Gasteiger partial charge in [0, 0.05) is 5.39 Å². The van der Waals surface area contributed by atoms with Crippen LogP contribution in [-0.2, 0) is 0 Å². The molecule has 5 nitrogen and oxygen atoms in total. The average Bonchev–Trinajstić information content (AvgIpc) is 2.91. The molecule has 25 heavy (non-hydrogen) atoms. The Morgan fingerprint density at radius 2 is 2.04 bits per heavy atom. The standard InChI is InChI=1S/C18H16N4OS2/c1-10-4-5-13-9-14(11(2)20-15(13)8-10)16(23)22-18-21-12(3)17(25-18)24-7-6-19/h4-5,8-9H,7H2,1-3H3,(H,21,22,23). The van der Waals surface area contributed by atoms with E-state index in [1.165, 1.54) is 23.1 Å². The molecule has 0 unspecified atom stereocenters. The minimum absolute atomic E-state index is 0.224. The van der Waals surface area contributed by atoms with E-state index in [4.69, 9.17) is 5.26 Å². The minimum atomic E-state index is -0.224. The van der Waals surface area contributed by atoms with Gasteiger partial charge in [0.1, 0.15) is 0 Å². The number of hydrogen-bond acceptors (Lipinski definition) is 6. The normalized spacial score (nSPS) is 10.6. The molecule has 1 N–H and O–H groups in total. The van der Waals surface area contributed by atoms with Gasteiger partial charge < -0.3 is 0 Å². The molecule has 0 radical (unpaired) electrons. The van der Waals surface area contributed by atoms with Crippen LogP contribution in [0.15, 0.2) is 28.5 Å². The van der Waals surface area contributed by atoms with Crippen molar-refractivity contribution < 1.29 is 4.79 Å². The maximum atomic E-state index is 12.6. The predicted molar refractivity (Wildman–Crippen MR) is 102 cm³/mol. The zero-order chi connectivity index (χ0) is 18.0. The maximum Gasteiger partial charge on any atom is 0.259 e. The van der Waals surface area contributed by atoms with Crippen LogP contribution < -0.4 is 5.32 Å². The first kappa shape index (κ1) is 17.4. The first-order valence-corrected chi connectivity index (χ1v) is 9.44. The number of aromatic nitrogens is 2. The van der Waals surface area contributed by atoms with E-state index in [2.05, 4.69) is 21.4 Å². The summed E-state index contributed by atoms with van der Waals surface area (Å²) in [6, 6.07) is 9.93. The van der Waals surface area contributed by atoms with Crippen LogP contribution in [0.4, 0.5) is 5.13 Å². The first-order valence-electron chi connectivity index (χ1n) is 7.64. The number of carbonyl (C=O) groups is 1. The van der Waals surface area contributed by atoms with E-state index in [1.807, 2.05) is 45.0 Å². The van der Waals surface area contributed by atoms with E-state index in [0.717, 1.165) is 26.4 Å². The second kappa shape index (κ2) is 7.21. The van der Waals surface area contributed by atoms with Crippen molar-refractivity contribution >= 4 is 45.0 Å². The fraction of sp³-hybridized carbons (Fsp3) is 0.222. The molecule has 0 saturated carbocycles. The van der Waals surface area contributed by atoms with Crippen LogP contribution in [0.5, 0.6) is 0 Å². The lowest BCUT2D eigenvalue weighted by atomic mass is 10.1. The fourth-order valence-corrected chi connectivity index (χ4v) is 4.23. The van der Waals surface area contributed by atoms with Gasteiger partial charge in [-0.2, -0.15) is 5.26 Å². The monoisotopic (exact) mass is 368 g/mol. The summed E-state index contributed by atoms with van der Waals surface area (Å²) in [7, 11) is 0. The summed E-state index contributed by atoms with van der Waals surface area (Å²) in [4.78, 5) is 21.5. The van der Waals surface area contributed by atoms with Crippen molar-refractivity contribution in [2.24, 2.45) is 0 Å². The van der Waals surface area contributed by atoms with Gasteiger partial charge in [0.15, 0.2) is 5.13 Å². The van der Waals surface area contributed by atoms with Gasteiger partial charge in [0.05, 0.1) is 38.5 Å². The number of carbonyl (C=O) groups excluding carboxylic acids is 1. The van der Waals surface area contributed by atoms with E-state index in [9.17, 15) is 4.79 Å². The molecule has 2 heterocycles. The van der Waals surface area contributed by atoms with E-state index in [1.54, 1.807) is 0 Å². The molecule has 0 aliphatic rings. The fourth-order valence-electron chi connectivity index (χ4n) is 2.44. The van der Waals surface area contributed by atoms with Crippen LogP contribution in [0.25, 0.3) is 10.9 Å². The lowest BCUT2D eigenvalue weighted by Crippen LogP contribution is -2.14. The number of anilines is 1. The van der Waals surface area contributed by atoms with Gasteiger partial charge in [-0.1, -0.05) is 35.2 Å². The third-order valence-electron chi connectivity index (χ3n) is 3.65. The van der Waals surface area contributed by atoms with Crippen molar-refractivity contribution in [1.82, 2.24) is 9.97 Å². The number of fused-ring (bicyclic) bond motifs is 1. The molecule has 0 aliphatic carbocycles. The van der Waals surface area contributed by atoms with Gasteiger partial charge in [-0.3, -0.25) is 15.1 Å². The molecule has 0 spiro atoms. The van der Waals surface area contributed by atoms with E-state index in [0.29, 0.717) is 22.1 Å². The van der Waals surface area contributed by atoms with Gasteiger partial charge >= 0.3 is 0 Å². The zero-order valence-electron chi connectivity index (χ0n) is 14.1. The highest BCUT2D eigenvalue weighted by Crippen LogP contribution is 2.32. The Bertz CT molecular complexity index is 1000. The Balaban J connectivity index is 1.86. The molecule has 3 aromatic rings. The van der Waals surface area contributed by atoms with Gasteiger partial charge in [0.2, 0.25) is 0 Å². The Morgan fingerprint density at radius 3 is 2.80 bits per heavy atom. The molecule has 0 atom stereocenters. The smallest absolute Gasteiger partial charge is 0.259 e. The van der Waals surface area contributed by atoms with Crippen molar-refractivity contribution in [1.29, 1.82) is 5.26 Å². The highest BCUT2D eigenvalue weighted by atomic mass is 32.2. The van der Waals surface area contributed by atoms with Crippen LogP contribution >= 0.6 is 23.1 Å². The lowest BCUT2D eigenvalue weighted by Gasteiger charge is -2.07. The SMILES string of the molecule is Cc1ccc2cc(C(=O)Nc3nc(C)c(SCC#N)s3)c(C)nc2c1. The zero-order valence-corrected chi connectivity index (χ0v) is 15.7. The van der Waals surface area contributed by atoms with Gasteiger partial charge in [0.25, 0.3) is 5.91 Å². The van der Waals surface area contributed by atoms with Crippen LogP contribution in [0.3, 0.4) is 0 Å². The van der Waals surface area contributed by atoms with Gasteiger partial charge in [-0.15, -0.1) is 0 Å². The van der Waals surface area contributed by atoms with E-state index in [-0.39, 0.29) is 5.91 Å². The maximum absolute atomic E-state index is 12.6. The molecule has 126 valence electrons. The molecule has 2 aromatic heterocycles. The number of aryl methyl sites for hydroxylation is 3. The molecular weight excluding hydrogens is 352 g/mol. The van der Waals surface area contributed by atoms with Crippen LogP contribution in [0.2, 0.25) is 0 Å². The van der Waals surface area contributed by atoms with Gasteiger partial charge in [-0.05, 0) is 38.5 Å². The summed E-state index contributed by atoms with van der Waals surface area (Å²) in [5.74, 6) is 0.141. The molecule has 0 fully saturated rings. The van der Waals surface area contributed by atoms with Crippen molar-refractivity contribution in [3.8, 4) is 6.07 Å². The summed E-state index contributed by atoms with van der Waals surface area (Å²) in [6.45, 7) is 5.72. The number of nitrogens with one attached hydrogen (secondary N) is 1. The average molecular weight is 368 g/mol. The third-order valence-corrected chi connectivity index (χ3v) is 5.95. The summed E-state index contributed by atoms with van der Waals surface area (Å²) < 4.78 is 0.945. The number of pyridine rings is 1. The van der Waals surface area contributed by atoms with Crippen molar-refractivity contribution in [3.63, 3.8) is 0 Å². The number of nitriles is 1. The minimum Gasteiger partial charge on any atom is -0.298 e. The van der Waals surface area contributed by atoms with Crippen LogP contribution in [0.1, 0.15) is 27.3 Å². The number of thiazole rings is 1. The molecule has 1 amide bonds. The number of nitrogens with zero attached hydrogens (tertiary/aromatic N) is 3. The quantitative estimate of drug-likeness (QED) is 0.687. The third kappa shape index (κ3) is 3.81. The van der Waals surface area contributed by atoms with E-state index < -0.39 is 0 Å². The molecule has 0 saturated heterocycles. The summed E-state index contributed by atoms with van der Waals surface area (Å²) in [5.41, 5.74) is 4.06. The Kier molecular flexibility index (Phi) is 5.02. The molecule has 0 aliphatic heterocycles. The number of rotatable bonds is 4. The highest BCUT2D eigenvalue weighted by Gasteiger charge is 2.15.